The highest BCUT2D eigenvalue weighted by Gasteiger charge is 2.21. The highest BCUT2D eigenvalue weighted by Crippen LogP contribution is 2.23. The lowest BCUT2D eigenvalue weighted by molar-refractivity contribution is -0.385. The van der Waals surface area contributed by atoms with Crippen molar-refractivity contribution in [1.82, 2.24) is 10.2 Å². The van der Waals surface area contributed by atoms with Gasteiger partial charge in [0.2, 0.25) is 0 Å². The third-order valence-corrected chi connectivity index (χ3v) is 4.04. The number of hydrogen-bond acceptors (Lipinski definition) is 4. The molecule has 6 heteroatoms. The van der Waals surface area contributed by atoms with Gasteiger partial charge in [-0.25, -0.2) is 0 Å². The molecular weight excluding hydrogens is 278 g/mol. The first kappa shape index (κ1) is 15.2. The topological polar surface area (TPSA) is 58.4 Å². The summed E-state index contributed by atoms with van der Waals surface area (Å²) in [5.74, 6) is 0.640. The van der Waals surface area contributed by atoms with E-state index in [1.54, 1.807) is 12.1 Å². The highest BCUT2D eigenvalue weighted by atomic mass is 35.5. The Morgan fingerprint density at radius 2 is 2.35 bits per heavy atom. The number of rotatable bonds is 6. The van der Waals surface area contributed by atoms with E-state index in [2.05, 4.69) is 17.1 Å². The molecule has 1 aromatic rings. The number of nitro benzene ring substituents is 1. The Kier molecular flexibility index (Phi) is 5.34. The van der Waals surface area contributed by atoms with E-state index < -0.39 is 0 Å². The van der Waals surface area contributed by atoms with E-state index in [1.807, 2.05) is 0 Å². The first-order chi connectivity index (χ1) is 9.60. The van der Waals surface area contributed by atoms with E-state index in [1.165, 1.54) is 12.5 Å². The molecule has 1 atom stereocenters. The second-order valence-electron chi connectivity index (χ2n) is 5.21. The average Bonchev–Trinajstić information content (AvgIpc) is 2.88. The lowest BCUT2D eigenvalue weighted by Gasteiger charge is -2.13. The summed E-state index contributed by atoms with van der Waals surface area (Å²) in [4.78, 5) is 13.0. The molecule has 0 radical (unpaired) electrons. The summed E-state index contributed by atoms with van der Waals surface area (Å²) in [5, 5.41) is 14.7. The molecule has 1 aromatic carbocycles. The molecule has 1 aliphatic rings. The molecule has 0 aromatic heterocycles. The Morgan fingerprint density at radius 1 is 1.55 bits per heavy atom. The van der Waals surface area contributed by atoms with Crippen LogP contribution in [0.1, 0.15) is 18.9 Å². The third kappa shape index (κ3) is 3.91. The molecule has 0 spiro atoms. The van der Waals surface area contributed by atoms with E-state index in [0.717, 1.165) is 26.2 Å². The number of nitro groups is 1. The molecule has 0 bridgehead atoms. The van der Waals surface area contributed by atoms with Gasteiger partial charge in [-0.2, -0.15) is 0 Å². The summed E-state index contributed by atoms with van der Waals surface area (Å²) >= 11 is 5.80. The quantitative estimate of drug-likeness (QED) is 0.648. The summed E-state index contributed by atoms with van der Waals surface area (Å²) in [7, 11) is 0. The zero-order valence-corrected chi connectivity index (χ0v) is 12.4. The largest absolute Gasteiger partial charge is 0.312 e. The number of benzene rings is 1. The molecule has 1 aliphatic heterocycles. The van der Waals surface area contributed by atoms with Gasteiger partial charge in [-0.3, -0.25) is 10.1 Å². The molecule has 110 valence electrons. The van der Waals surface area contributed by atoms with Crippen LogP contribution in [0.15, 0.2) is 18.2 Å². The molecule has 20 heavy (non-hydrogen) atoms. The molecule has 1 saturated heterocycles. The summed E-state index contributed by atoms with van der Waals surface area (Å²) in [5.41, 5.74) is 0.774. The van der Waals surface area contributed by atoms with E-state index in [-0.39, 0.29) is 10.6 Å². The lowest BCUT2D eigenvalue weighted by atomic mass is 10.1. The first-order valence-electron chi connectivity index (χ1n) is 6.96. The Labute approximate surface area is 124 Å². The van der Waals surface area contributed by atoms with Gasteiger partial charge >= 0.3 is 0 Å². The van der Waals surface area contributed by atoms with E-state index in [9.17, 15) is 10.1 Å². The second kappa shape index (κ2) is 7.02. The number of nitrogens with one attached hydrogen (secondary N) is 1. The fourth-order valence-corrected chi connectivity index (χ4v) is 2.80. The van der Waals surface area contributed by atoms with Crippen molar-refractivity contribution in [3.05, 3.63) is 38.9 Å². The maximum atomic E-state index is 11.0. The van der Waals surface area contributed by atoms with E-state index >= 15 is 0 Å². The summed E-state index contributed by atoms with van der Waals surface area (Å²) in [6.07, 6.45) is 1.20. The first-order valence-corrected chi connectivity index (χ1v) is 7.33. The SMILES string of the molecule is CCN1CCC(CNCc2ccc(Cl)cc2[N+](=O)[O-])C1. The fraction of sp³-hybridized carbons (Fsp3) is 0.571. The molecule has 1 unspecified atom stereocenters. The number of hydrogen-bond donors (Lipinski definition) is 1. The summed E-state index contributed by atoms with van der Waals surface area (Å²) in [6, 6.07) is 4.83. The molecular formula is C14H20ClN3O2. The average molecular weight is 298 g/mol. The molecule has 2 rings (SSSR count). The predicted octanol–water partition coefficient (Wildman–Crippen LogP) is 2.68. The monoisotopic (exact) mass is 297 g/mol. The van der Waals surface area contributed by atoms with Crippen molar-refractivity contribution in [3.63, 3.8) is 0 Å². The number of likely N-dealkylation sites (tertiary alicyclic amines) is 1. The van der Waals surface area contributed by atoms with Crippen molar-refractivity contribution in [2.75, 3.05) is 26.2 Å². The maximum Gasteiger partial charge on any atom is 0.275 e. The van der Waals surface area contributed by atoms with Gasteiger partial charge in [-0.1, -0.05) is 18.5 Å². The van der Waals surface area contributed by atoms with Crippen LogP contribution in [0.3, 0.4) is 0 Å². The Hall–Kier alpha value is -1.17. The minimum absolute atomic E-state index is 0.0895. The molecule has 5 nitrogen and oxygen atoms in total. The van der Waals surface area contributed by atoms with Crippen molar-refractivity contribution in [3.8, 4) is 0 Å². The van der Waals surface area contributed by atoms with Gasteiger partial charge in [0.05, 0.1) is 4.92 Å². The maximum absolute atomic E-state index is 11.0. The Morgan fingerprint density at radius 3 is 3.00 bits per heavy atom. The van der Waals surface area contributed by atoms with Crippen LogP contribution in [0.2, 0.25) is 5.02 Å². The van der Waals surface area contributed by atoms with Gasteiger partial charge in [-0.15, -0.1) is 0 Å². The molecule has 1 N–H and O–H groups in total. The van der Waals surface area contributed by atoms with Crippen molar-refractivity contribution in [1.29, 1.82) is 0 Å². The van der Waals surface area contributed by atoms with Gasteiger partial charge in [0.25, 0.3) is 5.69 Å². The van der Waals surface area contributed by atoms with Crippen LogP contribution in [0.5, 0.6) is 0 Å². The highest BCUT2D eigenvalue weighted by molar-refractivity contribution is 6.30. The third-order valence-electron chi connectivity index (χ3n) is 3.81. The predicted molar refractivity (Wildman–Crippen MR) is 80.0 cm³/mol. The Bertz CT molecular complexity index is 481. The van der Waals surface area contributed by atoms with Crippen molar-refractivity contribution >= 4 is 17.3 Å². The van der Waals surface area contributed by atoms with E-state index in [0.29, 0.717) is 23.0 Å². The summed E-state index contributed by atoms with van der Waals surface area (Å²) < 4.78 is 0. The van der Waals surface area contributed by atoms with Gasteiger partial charge in [-0.05, 0) is 44.1 Å². The van der Waals surface area contributed by atoms with Crippen molar-refractivity contribution in [2.45, 2.75) is 19.9 Å². The van der Waals surface area contributed by atoms with E-state index in [4.69, 9.17) is 11.6 Å². The standard InChI is InChI=1S/C14H20ClN3O2/c1-2-17-6-5-11(10-17)8-16-9-12-3-4-13(15)7-14(12)18(19)20/h3-4,7,11,16H,2,5-6,8-10H2,1H3. The van der Waals surface area contributed by atoms with Gasteiger partial charge in [0.15, 0.2) is 0 Å². The van der Waals surface area contributed by atoms with Crippen LogP contribution >= 0.6 is 11.6 Å². The minimum Gasteiger partial charge on any atom is -0.312 e. The normalized spacial score (nSPS) is 19.4. The molecule has 1 heterocycles. The number of halogens is 1. The van der Waals surface area contributed by atoms with Crippen LogP contribution in [0, 0.1) is 16.0 Å². The van der Waals surface area contributed by atoms with Gasteiger partial charge < -0.3 is 10.2 Å². The van der Waals surface area contributed by atoms with Crippen molar-refractivity contribution < 1.29 is 4.92 Å². The van der Waals surface area contributed by atoms with Crippen LogP contribution in [-0.4, -0.2) is 36.0 Å². The zero-order valence-electron chi connectivity index (χ0n) is 11.6. The summed E-state index contributed by atoms with van der Waals surface area (Å²) in [6.45, 7) is 6.95. The van der Waals surface area contributed by atoms with Crippen molar-refractivity contribution in [2.24, 2.45) is 5.92 Å². The molecule has 0 saturated carbocycles. The second-order valence-corrected chi connectivity index (χ2v) is 5.65. The van der Waals surface area contributed by atoms with Gasteiger partial charge in [0.1, 0.15) is 0 Å². The lowest BCUT2D eigenvalue weighted by Crippen LogP contribution is -2.26. The number of nitrogens with zero attached hydrogens (tertiary/aromatic N) is 2. The van der Waals surface area contributed by atoms with Crippen LogP contribution in [0.4, 0.5) is 5.69 Å². The smallest absolute Gasteiger partial charge is 0.275 e. The minimum atomic E-state index is -0.378. The Balaban J connectivity index is 1.87. The van der Waals surface area contributed by atoms with Gasteiger partial charge in [0, 0.05) is 29.7 Å². The van der Waals surface area contributed by atoms with Crippen LogP contribution in [-0.2, 0) is 6.54 Å². The molecule has 0 aliphatic carbocycles. The molecule has 1 fully saturated rings. The van der Waals surface area contributed by atoms with Crippen LogP contribution in [0.25, 0.3) is 0 Å². The van der Waals surface area contributed by atoms with Crippen LogP contribution < -0.4 is 5.32 Å². The fourth-order valence-electron chi connectivity index (χ4n) is 2.63. The zero-order chi connectivity index (χ0) is 14.5. The molecule has 0 amide bonds.